The van der Waals surface area contributed by atoms with Crippen LogP contribution in [0.1, 0.15) is 0 Å². The second-order valence-electron chi connectivity index (χ2n) is 1.12. The van der Waals surface area contributed by atoms with Crippen LogP contribution in [-0.4, -0.2) is 59.0 Å². The first kappa shape index (κ1) is 56.8. The minimum atomic E-state index is -4.19. The lowest BCUT2D eigenvalue weighted by Crippen LogP contribution is -4.02. The smallest absolute Gasteiger partial charge is 0.412 e. The molecule has 0 radical (unpaired) electrons. The third kappa shape index (κ3) is 44.9. The van der Waals surface area contributed by atoms with E-state index in [0.717, 1.165) is 0 Å². The Morgan fingerprint density at radius 2 is 0.571 bits per heavy atom. The van der Waals surface area contributed by atoms with Gasteiger partial charge in [0.15, 0.2) is 0 Å². The first-order valence-electron chi connectivity index (χ1n) is 2.10. The van der Waals surface area contributed by atoms with E-state index < -0.39 is 78.3 Å². The molecule has 142 valence electrons. The van der Waals surface area contributed by atoms with Crippen LogP contribution < -0.4 is 83.8 Å². The summed E-state index contributed by atoms with van der Waals surface area (Å²) < 4.78 is 71.6. The number of hydrogen-bond acceptors (Lipinski definition) is 9. The fourth-order valence-electron chi connectivity index (χ4n) is 0.219. The third-order valence-corrected chi connectivity index (χ3v) is 8.78. The van der Waals surface area contributed by atoms with Crippen LogP contribution in [0.15, 0.2) is 0 Å². The van der Waals surface area contributed by atoms with E-state index in [9.17, 15) is 20.6 Å². The molecular formula is H16AlI3O17. The van der Waals surface area contributed by atoms with Crippen molar-refractivity contribution in [3.05, 3.63) is 0 Å². The molecule has 0 saturated carbocycles. The van der Waals surface area contributed by atoms with Crippen LogP contribution in [0.25, 0.3) is 0 Å². The Kier molecular flexibility index (Phi) is 90.9. The Bertz CT molecular complexity index is 105. The SMILES string of the molecule is O.O.O.O.O.O.O.O.[O-][I+2]([O-])[O][Al]([O][I+2]([O-])[O-])[O][I+2]([O-])[O-]. The highest BCUT2D eigenvalue weighted by Crippen LogP contribution is 1.66. The topological polar surface area (TPSA) is 418 Å². The second kappa shape index (κ2) is 33.6. The molecule has 0 unspecified atom stereocenters. The van der Waals surface area contributed by atoms with Crippen molar-refractivity contribution in [2.45, 2.75) is 0 Å². The molecule has 0 amide bonds. The highest BCUT2D eigenvalue weighted by Gasteiger charge is 2.65. The van der Waals surface area contributed by atoms with E-state index in [1.807, 2.05) is 0 Å². The minimum Gasteiger partial charge on any atom is -0.412 e. The molecule has 0 rings (SSSR count). The van der Waals surface area contributed by atoms with E-state index in [4.69, 9.17) is 0 Å². The molecule has 0 atom stereocenters. The van der Waals surface area contributed by atoms with Gasteiger partial charge in [0, 0.05) is 0 Å². The van der Waals surface area contributed by atoms with E-state index >= 15 is 0 Å². The number of rotatable bonds is 6. The summed E-state index contributed by atoms with van der Waals surface area (Å²) >= 11 is -16.2. The summed E-state index contributed by atoms with van der Waals surface area (Å²) in [4.78, 5) is 0. The van der Waals surface area contributed by atoms with Crippen molar-refractivity contribution < 1.29 is 134 Å². The molecule has 16 N–H and O–H groups in total. The molecule has 0 aromatic heterocycles. The summed E-state index contributed by atoms with van der Waals surface area (Å²) in [6, 6.07) is 0. The van der Waals surface area contributed by atoms with Crippen LogP contribution in [0.3, 0.4) is 0 Å². The molecule has 0 fully saturated rings. The zero-order valence-electron chi connectivity index (χ0n) is 9.39. The summed E-state index contributed by atoms with van der Waals surface area (Å²) in [5.74, 6) is 0. The molecule has 0 bridgehead atoms. The summed E-state index contributed by atoms with van der Waals surface area (Å²) in [5, 5.41) is 0. The quantitative estimate of drug-likeness (QED) is 0.188. The van der Waals surface area contributed by atoms with Gasteiger partial charge in [0.1, 0.15) is 0 Å². The van der Waals surface area contributed by atoms with Crippen LogP contribution in [0, 0.1) is 0 Å². The third-order valence-electron chi connectivity index (χ3n) is 0.436. The van der Waals surface area contributed by atoms with Crippen LogP contribution in [-0.2, 0) is 6.35 Å². The van der Waals surface area contributed by atoms with Crippen LogP contribution in [0.5, 0.6) is 0 Å². The standard InChI is InChI=1S/Al.3IO3.8H2O/c;3*2-1(3)4;;;;;;;;/h;;;;8*1H2/q+3;3*-1;;;;;;;;. The van der Waals surface area contributed by atoms with Crippen molar-refractivity contribution in [3.8, 4) is 0 Å². The van der Waals surface area contributed by atoms with Gasteiger partial charge in [-0.25, -0.2) is 0 Å². The Morgan fingerprint density at radius 1 is 0.429 bits per heavy atom. The van der Waals surface area contributed by atoms with Gasteiger partial charge in [-0.2, -0.15) is 0 Å². The van der Waals surface area contributed by atoms with Crippen LogP contribution >= 0.6 is 0 Å². The monoisotopic (exact) mass is 696 g/mol. The fraction of sp³-hybridized carbons (Fsp3) is 0. The maximum Gasteiger partial charge on any atom is 1.19 e. The molecule has 0 aliphatic heterocycles. The van der Waals surface area contributed by atoms with Gasteiger partial charge in [0.05, 0.1) is 0 Å². The normalized spacial score (nSPS) is 7.29. The average Bonchev–Trinajstić information content (AvgIpc) is 1.80. The molecule has 0 aromatic rings. The fourth-order valence-corrected chi connectivity index (χ4v) is 9.15. The first-order chi connectivity index (χ1) is 5.91. The molecule has 0 heterocycles. The second-order valence-corrected chi connectivity index (χ2v) is 10.0. The molecule has 0 saturated heterocycles. The zero-order valence-corrected chi connectivity index (χ0v) is 17.0. The minimum absolute atomic E-state index is 0. The molecule has 17 nitrogen and oxygen atoms in total. The first-order valence-corrected chi connectivity index (χ1v) is 11.4. The van der Waals surface area contributed by atoms with E-state index in [1.165, 1.54) is 0 Å². The maximum absolute atomic E-state index is 9.98. The maximum atomic E-state index is 9.98. The van der Waals surface area contributed by atoms with E-state index in [2.05, 4.69) is 6.35 Å². The van der Waals surface area contributed by atoms with Crippen molar-refractivity contribution in [2.75, 3.05) is 0 Å². The predicted octanol–water partition coefficient (Wildman–Crippen LogP) is -23.3. The van der Waals surface area contributed by atoms with Gasteiger partial charge in [-0.1, -0.05) is 6.35 Å². The number of hydrogen-bond donors (Lipinski definition) is 0. The highest BCUT2D eigenvalue weighted by atomic mass is 127. The molecular weight excluding hydrogens is 680 g/mol. The van der Waals surface area contributed by atoms with Crippen molar-refractivity contribution in [1.82, 2.24) is 0 Å². The Morgan fingerprint density at radius 3 is 0.667 bits per heavy atom. The zero-order chi connectivity index (χ0) is 10.4. The van der Waals surface area contributed by atoms with Gasteiger partial charge >= 0.3 is 78.3 Å². The van der Waals surface area contributed by atoms with Crippen LogP contribution in [0.2, 0.25) is 0 Å². The lowest BCUT2D eigenvalue weighted by Gasteiger charge is -1.93. The lowest BCUT2D eigenvalue weighted by molar-refractivity contribution is -1.64. The Labute approximate surface area is 148 Å². The molecule has 0 aromatic carbocycles. The number of halogens is 3. The summed E-state index contributed by atoms with van der Waals surface area (Å²) in [6.45, 7) is 0. The van der Waals surface area contributed by atoms with Gasteiger partial charge in [-0.3, -0.25) is 0 Å². The van der Waals surface area contributed by atoms with Crippen molar-refractivity contribution in [3.63, 3.8) is 0 Å². The molecule has 0 aliphatic carbocycles. The average molecular weight is 696 g/mol. The summed E-state index contributed by atoms with van der Waals surface area (Å²) in [5.41, 5.74) is 0. The van der Waals surface area contributed by atoms with Crippen molar-refractivity contribution in [2.24, 2.45) is 0 Å². The largest absolute Gasteiger partial charge is 1.19 e. The molecule has 0 aliphatic rings. The Hall–Kier alpha value is 2.04. The lowest BCUT2D eigenvalue weighted by atomic mass is 15.7. The van der Waals surface area contributed by atoms with Gasteiger partial charge in [0.2, 0.25) is 0 Å². The van der Waals surface area contributed by atoms with Crippen molar-refractivity contribution >= 4 is 15.1 Å². The predicted molar refractivity (Wildman–Crippen MR) is 37.9 cm³/mol. The Balaban J connectivity index is -0.0000000257. The van der Waals surface area contributed by atoms with E-state index in [-0.39, 0.29) is 43.8 Å². The highest BCUT2D eigenvalue weighted by molar-refractivity contribution is 6.34. The molecule has 21 heavy (non-hydrogen) atoms. The van der Waals surface area contributed by atoms with E-state index in [0.29, 0.717) is 0 Å². The van der Waals surface area contributed by atoms with Crippen LogP contribution in [0.4, 0.5) is 0 Å². The van der Waals surface area contributed by atoms with E-state index in [1.54, 1.807) is 0 Å². The van der Waals surface area contributed by atoms with Gasteiger partial charge in [0.25, 0.3) is 0 Å². The summed E-state index contributed by atoms with van der Waals surface area (Å²) in [6.07, 6.45) is 0. The molecule has 0 spiro atoms. The van der Waals surface area contributed by atoms with Gasteiger partial charge < -0.3 is 64.4 Å². The summed E-state index contributed by atoms with van der Waals surface area (Å²) in [7, 11) is 0. The van der Waals surface area contributed by atoms with Gasteiger partial charge in [-0.05, 0) is 0 Å². The van der Waals surface area contributed by atoms with Gasteiger partial charge in [-0.15, -0.1) is 0 Å². The van der Waals surface area contributed by atoms with Crippen molar-refractivity contribution in [1.29, 1.82) is 0 Å². The molecule has 21 heteroatoms.